The van der Waals surface area contributed by atoms with E-state index in [4.69, 9.17) is 4.74 Å². The SMILES string of the molecule is CCCOC(=O)c1ccc(NCC(=O)Nc2ccc(NC(=O)CCC)cc2)cc1. The molecule has 2 amide bonds. The van der Waals surface area contributed by atoms with Crippen LogP contribution in [0.5, 0.6) is 0 Å². The Bertz CT molecular complexity index is 817. The first-order chi connectivity index (χ1) is 14.0. The number of hydrogen-bond donors (Lipinski definition) is 3. The molecule has 2 rings (SSSR count). The summed E-state index contributed by atoms with van der Waals surface area (Å²) in [6, 6.07) is 13.7. The van der Waals surface area contributed by atoms with Crippen molar-refractivity contribution >= 4 is 34.8 Å². The number of rotatable bonds is 10. The van der Waals surface area contributed by atoms with E-state index < -0.39 is 0 Å². The van der Waals surface area contributed by atoms with Crippen LogP contribution >= 0.6 is 0 Å². The lowest BCUT2D eigenvalue weighted by molar-refractivity contribution is -0.116. The molecule has 0 aromatic heterocycles. The maximum atomic E-state index is 12.1. The van der Waals surface area contributed by atoms with Crippen LogP contribution < -0.4 is 16.0 Å². The van der Waals surface area contributed by atoms with E-state index in [1.54, 1.807) is 48.5 Å². The van der Waals surface area contributed by atoms with Crippen LogP contribution in [0.1, 0.15) is 43.5 Å². The fourth-order valence-electron chi connectivity index (χ4n) is 2.48. The third-order valence-corrected chi connectivity index (χ3v) is 3.94. The van der Waals surface area contributed by atoms with Gasteiger partial charge in [-0.3, -0.25) is 9.59 Å². The van der Waals surface area contributed by atoms with Crippen LogP contribution in [0.25, 0.3) is 0 Å². The summed E-state index contributed by atoms with van der Waals surface area (Å²) < 4.78 is 5.08. The van der Waals surface area contributed by atoms with Crippen molar-refractivity contribution in [3.05, 3.63) is 54.1 Å². The Balaban J connectivity index is 1.79. The van der Waals surface area contributed by atoms with E-state index in [9.17, 15) is 14.4 Å². The minimum Gasteiger partial charge on any atom is -0.462 e. The summed E-state index contributed by atoms with van der Waals surface area (Å²) in [5, 5.41) is 8.58. The highest BCUT2D eigenvalue weighted by Crippen LogP contribution is 2.14. The molecule has 0 aliphatic carbocycles. The van der Waals surface area contributed by atoms with Crippen LogP contribution in [0.2, 0.25) is 0 Å². The van der Waals surface area contributed by atoms with Gasteiger partial charge in [0.2, 0.25) is 11.8 Å². The number of benzene rings is 2. The van der Waals surface area contributed by atoms with Crippen LogP contribution in [-0.4, -0.2) is 30.9 Å². The van der Waals surface area contributed by atoms with Gasteiger partial charge < -0.3 is 20.7 Å². The topological polar surface area (TPSA) is 96.5 Å². The molecule has 0 heterocycles. The zero-order chi connectivity index (χ0) is 21.1. The second-order valence-electron chi connectivity index (χ2n) is 6.49. The van der Waals surface area contributed by atoms with Crippen LogP contribution in [0.3, 0.4) is 0 Å². The van der Waals surface area contributed by atoms with Crippen LogP contribution in [0, 0.1) is 0 Å². The minimum atomic E-state index is -0.356. The van der Waals surface area contributed by atoms with Gasteiger partial charge in [-0.2, -0.15) is 0 Å². The van der Waals surface area contributed by atoms with Crippen molar-refractivity contribution in [3.63, 3.8) is 0 Å². The summed E-state index contributed by atoms with van der Waals surface area (Å²) in [4.78, 5) is 35.5. The lowest BCUT2D eigenvalue weighted by atomic mass is 10.2. The van der Waals surface area contributed by atoms with Gasteiger partial charge in [-0.15, -0.1) is 0 Å². The zero-order valence-corrected chi connectivity index (χ0v) is 16.8. The van der Waals surface area contributed by atoms with Gasteiger partial charge in [0, 0.05) is 23.5 Å². The van der Waals surface area contributed by atoms with Crippen molar-refractivity contribution in [1.82, 2.24) is 0 Å². The number of carbonyl (C=O) groups is 3. The first kappa shape index (κ1) is 21.9. The largest absolute Gasteiger partial charge is 0.462 e. The van der Waals surface area contributed by atoms with E-state index in [1.165, 1.54) is 0 Å². The summed E-state index contributed by atoms with van der Waals surface area (Å²) in [5.41, 5.74) is 2.53. The molecule has 0 spiro atoms. The highest BCUT2D eigenvalue weighted by Gasteiger charge is 2.07. The Kier molecular flexibility index (Phi) is 8.69. The highest BCUT2D eigenvalue weighted by atomic mass is 16.5. The molecule has 154 valence electrons. The predicted molar refractivity (Wildman–Crippen MR) is 114 cm³/mol. The van der Waals surface area contributed by atoms with Crippen molar-refractivity contribution in [1.29, 1.82) is 0 Å². The fourth-order valence-corrected chi connectivity index (χ4v) is 2.48. The highest BCUT2D eigenvalue weighted by molar-refractivity contribution is 5.95. The van der Waals surface area contributed by atoms with Crippen molar-refractivity contribution in [2.45, 2.75) is 33.1 Å². The van der Waals surface area contributed by atoms with Crippen LogP contribution in [0.4, 0.5) is 17.1 Å². The first-order valence-electron chi connectivity index (χ1n) is 9.72. The summed E-state index contributed by atoms with van der Waals surface area (Å²) in [6.07, 6.45) is 2.04. The second-order valence-corrected chi connectivity index (χ2v) is 6.49. The average molecular weight is 397 g/mol. The van der Waals surface area contributed by atoms with E-state index >= 15 is 0 Å². The molecule has 0 aliphatic heterocycles. The molecule has 7 nitrogen and oxygen atoms in total. The number of carbonyl (C=O) groups excluding carboxylic acids is 3. The van der Waals surface area contributed by atoms with Gasteiger partial charge in [0.1, 0.15) is 0 Å². The molecule has 0 atom stereocenters. The van der Waals surface area contributed by atoms with Gasteiger partial charge in [-0.25, -0.2) is 4.79 Å². The zero-order valence-electron chi connectivity index (χ0n) is 16.8. The minimum absolute atomic E-state index is 0.0295. The average Bonchev–Trinajstić information content (AvgIpc) is 2.72. The molecular formula is C22H27N3O4. The molecule has 0 fully saturated rings. The van der Waals surface area contributed by atoms with Crippen molar-refractivity contribution in [2.24, 2.45) is 0 Å². The number of nitrogens with one attached hydrogen (secondary N) is 3. The van der Waals surface area contributed by atoms with E-state index in [0.29, 0.717) is 30.0 Å². The van der Waals surface area contributed by atoms with Crippen LogP contribution in [-0.2, 0) is 14.3 Å². The smallest absolute Gasteiger partial charge is 0.338 e. The first-order valence-corrected chi connectivity index (χ1v) is 9.72. The Morgan fingerprint density at radius 1 is 0.759 bits per heavy atom. The molecule has 0 bridgehead atoms. The number of amides is 2. The Hall–Kier alpha value is -3.35. The molecular weight excluding hydrogens is 370 g/mol. The van der Waals surface area contributed by atoms with Gasteiger partial charge in [0.25, 0.3) is 0 Å². The predicted octanol–water partition coefficient (Wildman–Crippen LogP) is 4.04. The standard InChI is InChI=1S/C22H27N3O4/c1-3-5-20(26)24-18-10-12-19(13-11-18)25-21(27)15-23-17-8-6-16(7-9-17)22(28)29-14-4-2/h6-13,23H,3-5,14-15H2,1-2H3,(H,24,26)(H,25,27). The Morgan fingerprint density at radius 3 is 1.86 bits per heavy atom. The normalized spacial score (nSPS) is 10.1. The van der Waals surface area contributed by atoms with E-state index in [-0.39, 0.29) is 24.3 Å². The van der Waals surface area contributed by atoms with E-state index in [2.05, 4.69) is 16.0 Å². The lowest BCUT2D eigenvalue weighted by Crippen LogP contribution is -2.21. The summed E-state index contributed by atoms with van der Waals surface area (Å²) in [7, 11) is 0. The molecule has 0 saturated heterocycles. The molecule has 2 aromatic carbocycles. The maximum Gasteiger partial charge on any atom is 0.338 e. The van der Waals surface area contributed by atoms with Gasteiger partial charge in [0.15, 0.2) is 0 Å². The van der Waals surface area contributed by atoms with E-state index in [0.717, 1.165) is 18.5 Å². The monoisotopic (exact) mass is 397 g/mol. The molecule has 2 aromatic rings. The third-order valence-electron chi connectivity index (χ3n) is 3.94. The second kappa shape index (κ2) is 11.5. The quantitative estimate of drug-likeness (QED) is 0.526. The molecule has 7 heteroatoms. The summed E-state index contributed by atoms with van der Waals surface area (Å²) in [5.74, 6) is -0.595. The Labute approximate surface area is 170 Å². The van der Waals surface area contributed by atoms with Gasteiger partial charge >= 0.3 is 5.97 Å². The summed E-state index contributed by atoms with van der Waals surface area (Å²) >= 11 is 0. The van der Waals surface area contributed by atoms with Crippen LogP contribution in [0.15, 0.2) is 48.5 Å². The lowest BCUT2D eigenvalue weighted by Gasteiger charge is -2.10. The van der Waals surface area contributed by atoms with Crippen molar-refractivity contribution < 1.29 is 19.1 Å². The van der Waals surface area contributed by atoms with Gasteiger partial charge in [0.05, 0.1) is 18.7 Å². The number of anilines is 3. The van der Waals surface area contributed by atoms with Crippen molar-refractivity contribution in [2.75, 3.05) is 29.1 Å². The molecule has 29 heavy (non-hydrogen) atoms. The maximum absolute atomic E-state index is 12.1. The number of hydrogen-bond acceptors (Lipinski definition) is 5. The molecule has 3 N–H and O–H groups in total. The number of esters is 1. The molecule has 0 radical (unpaired) electrons. The molecule has 0 aliphatic rings. The van der Waals surface area contributed by atoms with Gasteiger partial charge in [-0.05, 0) is 61.4 Å². The van der Waals surface area contributed by atoms with Crippen molar-refractivity contribution in [3.8, 4) is 0 Å². The third kappa shape index (κ3) is 7.65. The fraction of sp³-hybridized carbons (Fsp3) is 0.318. The van der Waals surface area contributed by atoms with Gasteiger partial charge in [-0.1, -0.05) is 13.8 Å². The Morgan fingerprint density at radius 2 is 1.31 bits per heavy atom. The molecule has 0 unspecified atom stereocenters. The summed E-state index contributed by atoms with van der Waals surface area (Å²) in [6.45, 7) is 4.35. The molecule has 0 saturated carbocycles. The number of ether oxygens (including phenoxy) is 1. The van der Waals surface area contributed by atoms with E-state index in [1.807, 2.05) is 13.8 Å².